The number of carbonyl (C=O) groups excluding carboxylic acids is 1. The Labute approximate surface area is 114 Å². The average molecular weight is 266 g/mol. The smallest absolute Gasteiger partial charge is 0.315 e. The molecular weight excluding hydrogens is 244 g/mol. The number of nitrogens with one attached hydrogen (secondary N) is 2. The minimum atomic E-state index is -0.202. The number of hydrogen-bond donors (Lipinski definition) is 2. The largest absolute Gasteiger partial charge is 0.497 e. The van der Waals surface area contributed by atoms with Crippen LogP contribution in [-0.4, -0.2) is 26.3 Å². The molecule has 19 heavy (non-hydrogen) atoms. The summed E-state index contributed by atoms with van der Waals surface area (Å²) in [5.74, 6) is 1.45. The third-order valence-electron chi connectivity index (χ3n) is 2.67. The first-order valence-electron chi connectivity index (χ1n) is 6.26. The van der Waals surface area contributed by atoms with Crippen molar-refractivity contribution in [3.8, 4) is 11.5 Å². The van der Waals surface area contributed by atoms with Crippen molar-refractivity contribution in [2.24, 2.45) is 0 Å². The number of benzene rings is 1. The minimum absolute atomic E-state index is 0.0967. The topological polar surface area (TPSA) is 59.6 Å². The first-order chi connectivity index (χ1) is 8.97. The van der Waals surface area contributed by atoms with Gasteiger partial charge in [-0.05, 0) is 39.0 Å². The van der Waals surface area contributed by atoms with E-state index in [1.807, 2.05) is 39.0 Å². The summed E-state index contributed by atoms with van der Waals surface area (Å²) >= 11 is 0. The molecule has 0 saturated carbocycles. The molecule has 2 N–H and O–H groups in total. The number of hydrogen-bond acceptors (Lipinski definition) is 3. The standard InChI is InChI=1S/C14H22N2O3/c1-9(2)15-14(17)16-10(3)12-8-11(18-4)6-7-13(12)19-5/h6-10H,1-5H3,(H2,15,16,17)/t10-/m0/s1. The van der Waals surface area contributed by atoms with E-state index >= 15 is 0 Å². The third-order valence-corrected chi connectivity index (χ3v) is 2.67. The molecule has 0 heterocycles. The van der Waals surface area contributed by atoms with Gasteiger partial charge in [-0.25, -0.2) is 4.79 Å². The van der Waals surface area contributed by atoms with E-state index in [0.717, 1.165) is 17.1 Å². The molecule has 0 aliphatic heterocycles. The molecule has 0 aromatic heterocycles. The van der Waals surface area contributed by atoms with Crippen LogP contribution >= 0.6 is 0 Å². The fourth-order valence-electron chi connectivity index (χ4n) is 1.76. The highest BCUT2D eigenvalue weighted by Gasteiger charge is 2.15. The lowest BCUT2D eigenvalue weighted by atomic mass is 10.1. The summed E-state index contributed by atoms with van der Waals surface area (Å²) in [5.41, 5.74) is 0.876. The van der Waals surface area contributed by atoms with Crippen LogP contribution in [0.25, 0.3) is 0 Å². The predicted molar refractivity (Wildman–Crippen MR) is 74.8 cm³/mol. The fourth-order valence-corrected chi connectivity index (χ4v) is 1.76. The second-order valence-electron chi connectivity index (χ2n) is 4.60. The monoisotopic (exact) mass is 266 g/mol. The van der Waals surface area contributed by atoms with Gasteiger partial charge < -0.3 is 20.1 Å². The van der Waals surface area contributed by atoms with Crippen LogP contribution in [0.3, 0.4) is 0 Å². The number of carbonyl (C=O) groups is 1. The predicted octanol–water partition coefficient (Wildman–Crippen LogP) is 2.47. The van der Waals surface area contributed by atoms with E-state index in [9.17, 15) is 4.79 Å². The van der Waals surface area contributed by atoms with Gasteiger partial charge in [-0.2, -0.15) is 0 Å². The maximum atomic E-state index is 11.7. The fraction of sp³-hybridized carbons (Fsp3) is 0.500. The molecule has 0 fully saturated rings. The lowest BCUT2D eigenvalue weighted by Gasteiger charge is -2.19. The van der Waals surface area contributed by atoms with Crippen molar-refractivity contribution < 1.29 is 14.3 Å². The summed E-state index contributed by atoms with van der Waals surface area (Å²) in [4.78, 5) is 11.7. The number of rotatable bonds is 5. The average Bonchev–Trinajstić information content (AvgIpc) is 2.36. The Morgan fingerprint density at radius 3 is 2.32 bits per heavy atom. The van der Waals surface area contributed by atoms with Crippen LogP contribution < -0.4 is 20.1 Å². The van der Waals surface area contributed by atoms with Crippen LogP contribution in [0, 0.1) is 0 Å². The Bertz CT molecular complexity index is 433. The zero-order chi connectivity index (χ0) is 14.4. The summed E-state index contributed by atoms with van der Waals surface area (Å²) in [6, 6.07) is 5.23. The highest BCUT2D eigenvalue weighted by molar-refractivity contribution is 5.74. The Balaban J connectivity index is 2.85. The molecule has 5 heteroatoms. The maximum absolute atomic E-state index is 11.7. The van der Waals surface area contributed by atoms with Crippen LogP contribution in [0.2, 0.25) is 0 Å². The van der Waals surface area contributed by atoms with Crippen LogP contribution in [0.4, 0.5) is 4.79 Å². The zero-order valence-electron chi connectivity index (χ0n) is 12.1. The van der Waals surface area contributed by atoms with Gasteiger partial charge >= 0.3 is 6.03 Å². The van der Waals surface area contributed by atoms with Crippen LogP contribution in [0.5, 0.6) is 11.5 Å². The highest BCUT2D eigenvalue weighted by Crippen LogP contribution is 2.29. The lowest BCUT2D eigenvalue weighted by molar-refractivity contribution is 0.235. The summed E-state index contributed by atoms with van der Waals surface area (Å²) in [6.45, 7) is 5.73. The third kappa shape index (κ3) is 4.35. The molecule has 0 unspecified atom stereocenters. The summed E-state index contributed by atoms with van der Waals surface area (Å²) in [6.07, 6.45) is 0. The van der Waals surface area contributed by atoms with Gasteiger partial charge in [0.25, 0.3) is 0 Å². The van der Waals surface area contributed by atoms with Crippen molar-refractivity contribution in [2.45, 2.75) is 32.9 Å². The van der Waals surface area contributed by atoms with E-state index < -0.39 is 0 Å². The van der Waals surface area contributed by atoms with E-state index in [1.54, 1.807) is 14.2 Å². The van der Waals surface area contributed by atoms with E-state index in [0.29, 0.717) is 0 Å². The van der Waals surface area contributed by atoms with E-state index in [2.05, 4.69) is 10.6 Å². The van der Waals surface area contributed by atoms with Crippen LogP contribution in [0.1, 0.15) is 32.4 Å². The quantitative estimate of drug-likeness (QED) is 0.860. The summed E-state index contributed by atoms with van der Waals surface area (Å²) in [7, 11) is 3.21. The number of methoxy groups -OCH3 is 2. The lowest BCUT2D eigenvalue weighted by Crippen LogP contribution is -2.40. The van der Waals surface area contributed by atoms with Crippen molar-refractivity contribution in [1.29, 1.82) is 0 Å². The molecule has 1 aromatic rings. The molecule has 0 radical (unpaired) electrons. The molecule has 0 saturated heterocycles. The van der Waals surface area contributed by atoms with E-state index in [-0.39, 0.29) is 18.1 Å². The Morgan fingerprint density at radius 1 is 1.11 bits per heavy atom. The Hall–Kier alpha value is -1.91. The molecule has 1 atom stereocenters. The van der Waals surface area contributed by atoms with Gasteiger partial charge in [0.05, 0.1) is 20.3 Å². The first-order valence-corrected chi connectivity index (χ1v) is 6.26. The molecule has 0 bridgehead atoms. The number of ether oxygens (including phenoxy) is 2. The normalized spacial score (nSPS) is 11.9. The molecule has 0 aliphatic carbocycles. The van der Waals surface area contributed by atoms with Gasteiger partial charge in [0.1, 0.15) is 11.5 Å². The first kappa shape index (κ1) is 15.1. The Morgan fingerprint density at radius 2 is 1.79 bits per heavy atom. The molecule has 106 valence electrons. The van der Waals surface area contributed by atoms with E-state index in [1.165, 1.54) is 0 Å². The number of urea groups is 1. The molecular formula is C14H22N2O3. The molecule has 1 rings (SSSR count). The molecule has 2 amide bonds. The minimum Gasteiger partial charge on any atom is -0.497 e. The van der Waals surface area contributed by atoms with Crippen molar-refractivity contribution in [2.75, 3.05) is 14.2 Å². The van der Waals surface area contributed by atoms with Crippen molar-refractivity contribution >= 4 is 6.03 Å². The van der Waals surface area contributed by atoms with Crippen molar-refractivity contribution in [3.05, 3.63) is 23.8 Å². The maximum Gasteiger partial charge on any atom is 0.315 e. The highest BCUT2D eigenvalue weighted by atomic mass is 16.5. The van der Waals surface area contributed by atoms with Crippen molar-refractivity contribution in [1.82, 2.24) is 10.6 Å². The second-order valence-corrected chi connectivity index (χ2v) is 4.60. The van der Waals surface area contributed by atoms with E-state index in [4.69, 9.17) is 9.47 Å². The molecule has 1 aromatic carbocycles. The van der Waals surface area contributed by atoms with Gasteiger partial charge in [0.2, 0.25) is 0 Å². The van der Waals surface area contributed by atoms with Gasteiger partial charge in [0, 0.05) is 11.6 Å². The molecule has 0 aliphatic rings. The van der Waals surface area contributed by atoms with Gasteiger partial charge in [-0.3, -0.25) is 0 Å². The second kappa shape index (κ2) is 6.87. The summed E-state index contributed by atoms with van der Waals surface area (Å²) < 4.78 is 10.5. The van der Waals surface area contributed by atoms with Gasteiger partial charge in [-0.15, -0.1) is 0 Å². The van der Waals surface area contributed by atoms with Crippen molar-refractivity contribution in [3.63, 3.8) is 0 Å². The van der Waals surface area contributed by atoms with Gasteiger partial charge in [-0.1, -0.05) is 0 Å². The van der Waals surface area contributed by atoms with Crippen LogP contribution in [-0.2, 0) is 0 Å². The molecule has 5 nitrogen and oxygen atoms in total. The van der Waals surface area contributed by atoms with Crippen LogP contribution in [0.15, 0.2) is 18.2 Å². The van der Waals surface area contributed by atoms with Gasteiger partial charge in [0.15, 0.2) is 0 Å². The zero-order valence-corrected chi connectivity index (χ0v) is 12.1. The number of amides is 2. The SMILES string of the molecule is COc1ccc(OC)c([C@H](C)NC(=O)NC(C)C)c1. The summed E-state index contributed by atoms with van der Waals surface area (Å²) in [5, 5.41) is 5.66. The Kier molecular flexibility index (Phi) is 5.48. The molecule has 0 spiro atoms.